The van der Waals surface area contributed by atoms with Gasteiger partial charge in [0.05, 0.1) is 6.61 Å². The molecule has 0 aromatic carbocycles. The van der Waals surface area contributed by atoms with Crippen molar-refractivity contribution >= 4 is 11.9 Å². The summed E-state index contributed by atoms with van der Waals surface area (Å²) in [5.74, 6) is -0.611. The topological polar surface area (TPSA) is 72.8 Å². The van der Waals surface area contributed by atoms with E-state index in [9.17, 15) is 14.7 Å². The first-order valence-electron chi connectivity index (χ1n) is 19.0. The predicted molar refractivity (Wildman–Crippen MR) is 191 cm³/mol. The minimum absolute atomic E-state index is 0.0729. The van der Waals surface area contributed by atoms with Crippen LogP contribution in [0.25, 0.3) is 0 Å². The minimum atomic E-state index is -0.778. The highest BCUT2D eigenvalue weighted by atomic mass is 16.6. The third kappa shape index (κ3) is 34.8. The Labute approximate surface area is 278 Å². The van der Waals surface area contributed by atoms with E-state index < -0.39 is 6.10 Å². The number of rotatable bonds is 34. The van der Waals surface area contributed by atoms with Gasteiger partial charge in [0.1, 0.15) is 6.61 Å². The molecule has 1 N–H and O–H groups in total. The number of unbranched alkanes of at least 4 members (excludes halogenated alkanes) is 20. The molecule has 45 heavy (non-hydrogen) atoms. The molecule has 1 atom stereocenters. The molecule has 0 fully saturated rings. The molecule has 0 radical (unpaired) electrons. The van der Waals surface area contributed by atoms with Crippen LogP contribution in [0.5, 0.6) is 0 Å². The van der Waals surface area contributed by atoms with Gasteiger partial charge in [0.2, 0.25) is 0 Å². The van der Waals surface area contributed by atoms with Gasteiger partial charge in [0, 0.05) is 12.8 Å². The summed E-state index contributed by atoms with van der Waals surface area (Å²) in [4.78, 5) is 24.2. The lowest BCUT2D eigenvalue weighted by molar-refractivity contribution is -0.161. The number of hydrogen-bond acceptors (Lipinski definition) is 5. The van der Waals surface area contributed by atoms with Gasteiger partial charge in [-0.3, -0.25) is 9.59 Å². The zero-order chi connectivity index (χ0) is 32.9. The van der Waals surface area contributed by atoms with Crippen molar-refractivity contribution in [1.29, 1.82) is 0 Å². The SMILES string of the molecule is CCCC/C=C\C/C=C\CCCCCCCC(=O)OC(CO)COC(=O)CCCCCCCCC/C=C\CCCCCCCC. The number of esters is 2. The van der Waals surface area contributed by atoms with Gasteiger partial charge in [-0.1, -0.05) is 147 Å². The first kappa shape index (κ1) is 43.1. The summed E-state index contributed by atoms with van der Waals surface area (Å²) in [6, 6.07) is 0. The highest BCUT2D eigenvalue weighted by Gasteiger charge is 2.16. The van der Waals surface area contributed by atoms with Crippen LogP contribution in [0.3, 0.4) is 0 Å². The molecule has 0 aromatic rings. The number of ether oxygens (including phenoxy) is 2. The second-order valence-corrected chi connectivity index (χ2v) is 12.6. The van der Waals surface area contributed by atoms with Crippen LogP contribution in [0, 0.1) is 0 Å². The summed E-state index contributed by atoms with van der Waals surface area (Å²) in [5, 5.41) is 9.53. The molecule has 0 aliphatic carbocycles. The van der Waals surface area contributed by atoms with Gasteiger partial charge in [-0.05, 0) is 64.2 Å². The summed E-state index contributed by atoms with van der Waals surface area (Å²) >= 11 is 0. The second kappa shape index (κ2) is 36.6. The molecule has 5 heteroatoms. The maximum absolute atomic E-state index is 12.1. The largest absolute Gasteiger partial charge is 0.462 e. The first-order chi connectivity index (χ1) is 22.1. The summed E-state index contributed by atoms with van der Waals surface area (Å²) in [7, 11) is 0. The van der Waals surface area contributed by atoms with Crippen LogP contribution in [0.4, 0.5) is 0 Å². The fraction of sp³-hybridized carbons (Fsp3) is 0.800. The average molecular weight is 633 g/mol. The highest BCUT2D eigenvalue weighted by Crippen LogP contribution is 2.13. The Morgan fingerprint density at radius 2 is 0.911 bits per heavy atom. The lowest BCUT2D eigenvalue weighted by Gasteiger charge is -2.15. The summed E-state index contributed by atoms with van der Waals surface area (Å²) in [6.45, 7) is 4.07. The van der Waals surface area contributed by atoms with Crippen LogP contribution < -0.4 is 0 Å². The Bertz CT molecular complexity index is 726. The molecule has 0 rings (SSSR count). The zero-order valence-electron chi connectivity index (χ0n) is 29.6. The lowest BCUT2D eigenvalue weighted by Crippen LogP contribution is -2.28. The third-order valence-electron chi connectivity index (χ3n) is 8.16. The van der Waals surface area contributed by atoms with Crippen LogP contribution in [-0.4, -0.2) is 36.4 Å². The van der Waals surface area contributed by atoms with Crippen LogP contribution in [-0.2, 0) is 19.1 Å². The van der Waals surface area contributed by atoms with E-state index in [1.54, 1.807) is 0 Å². The summed E-state index contributed by atoms with van der Waals surface area (Å²) in [5.41, 5.74) is 0. The maximum Gasteiger partial charge on any atom is 0.306 e. The number of carbonyl (C=O) groups excluding carboxylic acids is 2. The molecule has 0 aromatic heterocycles. The second-order valence-electron chi connectivity index (χ2n) is 12.6. The van der Waals surface area contributed by atoms with E-state index in [1.807, 2.05) is 0 Å². The van der Waals surface area contributed by atoms with Gasteiger partial charge in [0.25, 0.3) is 0 Å². The molecule has 5 nitrogen and oxygen atoms in total. The number of aliphatic hydroxyl groups is 1. The van der Waals surface area contributed by atoms with Crippen molar-refractivity contribution in [3.63, 3.8) is 0 Å². The van der Waals surface area contributed by atoms with Crippen LogP contribution in [0.1, 0.15) is 187 Å². The van der Waals surface area contributed by atoms with E-state index in [0.717, 1.165) is 57.8 Å². The Kier molecular flexibility index (Phi) is 35.1. The zero-order valence-corrected chi connectivity index (χ0v) is 29.6. The van der Waals surface area contributed by atoms with E-state index in [-0.39, 0.29) is 25.2 Å². The van der Waals surface area contributed by atoms with Crippen LogP contribution in [0.15, 0.2) is 36.5 Å². The fourth-order valence-electron chi connectivity index (χ4n) is 5.21. The Morgan fingerprint density at radius 1 is 0.511 bits per heavy atom. The molecule has 0 bridgehead atoms. The normalized spacial score (nSPS) is 12.5. The van der Waals surface area contributed by atoms with Crippen LogP contribution >= 0.6 is 0 Å². The molecule has 0 saturated heterocycles. The van der Waals surface area contributed by atoms with Crippen molar-refractivity contribution in [2.75, 3.05) is 13.2 Å². The monoisotopic (exact) mass is 633 g/mol. The molecular weight excluding hydrogens is 560 g/mol. The predicted octanol–water partition coefficient (Wildman–Crippen LogP) is 11.7. The van der Waals surface area contributed by atoms with Crippen molar-refractivity contribution < 1.29 is 24.2 Å². The number of aliphatic hydroxyl groups excluding tert-OH is 1. The van der Waals surface area contributed by atoms with Crippen LogP contribution in [0.2, 0.25) is 0 Å². The molecule has 0 aliphatic rings. The molecule has 0 aliphatic heterocycles. The number of allylic oxidation sites excluding steroid dienone is 6. The minimum Gasteiger partial charge on any atom is -0.462 e. The quantitative estimate of drug-likeness (QED) is 0.0434. The van der Waals surface area contributed by atoms with Gasteiger partial charge in [-0.25, -0.2) is 0 Å². The Balaban J connectivity index is 3.58. The van der Waals surface area contributed by atoms with Gasteiger partial charge < -0.3 is 14.6 Å². The fourth-order valence-corrected chi connectivity index (χ4v) is 5.21. The first-order valence-corrected chi connectivity index (χ1v) is 19.0. The standard InChI is InChI=1S/C40H72O5/c1-3-5-7-9-11-13-15-17-19-20-21-23-24-26-28-30-32-34-39(42)44-37-38(36-41)45-40(43)35-33-31-29-27-25-22-18-16-14-12-10-8-6-4-2/h10,12,16-19,38,41H,3-9,11,13-15,20-37H2,1-2H3/b12-10-,18-16-,19-17-. The average Bonchev–Trinajstić information content (AvgIpc) is 3.04. The molecular formula is C40H72O5. The smallest absolute Gasteiger partial charge is 0.306 e. The Hall–Kier alpha value is -1.88. The number of hydrogen-bond donors (Lipinski definition) is 1. The van der Waals surface area contributed by atoms with E-state index in [0.29, 0.717) is 12.8 Å². The molecule has 1 unspecified atom stereocenters. The van der Waals surface area contributed by atoms with Crippen molar-refractivity contribution in [1.82, 2.24) is 0 Å². The van der Waals surface area contributed by atoms with E-state index in [2.05, 4.69) is 50.3 Å². The number of carbonyl (C=O) groups is 2. The van der Waals surface area contributed by atoms with Gasteiger partial charge in [-0.15, -0.1) is 0 Å². The summed E-state index contributed by atoms with van der Waals surface area (Å²) in [6.07, 6.45) is 43.4. The van der Waals surface area contributed by atoms with Crippen molar-refractivity contribution in [3.05, 3.63) is 36.5 Å². The van der Waals surface area contributed by atoms with Gasteiger partial charge >= 0.3 is 11.9 Å². The van der Waals surface area contributed by atoms with E-state index in [1.165, 1.54) is 103 Å². The molecule has 0 saturated carbocycles. The maximum atomic E-state index is 12.1. The molecule has 0 heterocycles. The molecule has 0 amide bonds. The molecule has 262 valence electrons. The van der Waals surface area contributed by atoms with E-state index >= 15 is 0 Å². The summed E-state index contributed by atoms with van der Waals surface area (Å²) < 4.78 is 10.6. The lowest BCUT2D eigenvalue weighted by atomic mass is 10.1. The van der Waals surface area contributed by atoms with Crippen molar-refractivity contribution in [2.24, 2.45) is 0 Å². The van der Waals surface area contributed by atoms with Gasteiger partial charge in [-0.2, -0.15) is 0 Å². The molecule has 0 spiro atoms. The highest BCUT2D eigenvalue weighted by molar-refractivity contribution is 5.70. The Morgan fingerprint density at radius 3 is 1.40 bits per heavy atom. The van der Waals surface area contributed by atoms with Gasteiger partial charge in [0.15, 0.2) is 6.10 Å². The van der Waals surface area contributed by atoms with Crippen molar-refractivity contribution in [2.45, 2.75) is 193 Å². The third-order valence-corrected chi connectivity index (χ3v) is 8.16. The van der Waals surface area contributed by atoms with Crippen molar-refractivity contribution in [3.8, 4) is 0 Å². The van der Waals surface area contributed by atoms with E-state index in [4.69, 9.17) is 9.47 Å².